The summed E-state index contributed by atoms with van der Waals surface area (Å²) >= 11 is 0. The van der Waals surface area contributed by atoms with Gasteiger partial charge in [0.05, 0.1) is 5.52 Å². The lowest BCUT2D eigenvalue weighted by Gasteiger charge is -2.13. The number of rotatable bonds is 10. The molecule has 0 saturated heterocycles. The number of fused-ring (bicyclic) bond motifs is 2. The van der Waals surface area contributed by atoms with E-state index in [-0.39, 0.29) is 0 Å². The molecule has 1 aliphatic rings. The monoisotopic (exact) mass is 746 g/mol. The summed E-state index contributed by atoms with van der Waals surface area (Å²) in [5, 5.41) is 1.28. The Hall–Kier alpha value is -6.12. The first-order valence-corrected chi connectivity index (χ1v) is 20.7. The molecule has 0 spiro atoms. The molecule has 0 aliphatic heterocycles. The third-order valence-electron chi connectivity index (χ3n) is 10.7. The lowest BCUT2D eigenvalue weighted by atomic mass is 9.98. The SMILES string of the molecule is C=C/C=C\c1c(C)c2ccccc2n1-c1ccc(Cc2ccc(-c3ccc(Cc4ccc(-n5c(C=C)c(C)c6c5C=CCC6)cc4)cc3)cc2)cc1.CC.CCC. The van der Waals surface area contributed by atoms with Gasteiger partial charge in [0.15, 0.2) is 0 Å². The maximum absolute atomic E-state index is 4.12. The second-order valence-electron chi connectivity index (χ2n) is 14.6. The highest BCUT2D eigenvalue weighted by Gasteiger charge is 2.19. The summed E-state index contributed by atoms with van der Waals surface area (Å²) in [6.45, 7) is 20.7. The van der Waals surface area contributed by atoms with E-state index < -0.39 is 0 Å². The number of aromatic nitrogens is 2. The predicted octanol–water partition coefficient (Wildman–Crippen LogP) is 15.1. The second-order valence-corrected chi connectivity index (χ2v) is 14.6. The van der Waals surface area contributed by atoms with Crippen molar-refractivity contribution in [1.82, 2.24) is 9.13 Å². The number of hydrogen-bond donors (Lipinski definition) is 0. The highest BCUT2D eigenvalue weighted by molar-refractivity contribution is 5.90. The predicted molar refractivity (Wildman–Crippen MR) is 250 cm³/mol. The van der Waals surface area contributed by atoms with Crippen molar-refractivity contribution in [3.05, 3.63) is 209 Å². The van der Waals surface area contributed by atoms with Crippen LogP contribution >= 0.6 is 0 Å². The normalized spacial score (nSPS) is 11.8. The average molecular weight is 747 g/mol. The van der Waals surface area contributed by atoms with Gasteiger partial charge in [-0.2, -0.15) is 0 Å². The van der Waals surface area contributed by atoms with E-state index in [9.17, 15) is 0 Å². The lowest BCUT2D eigenvalue weighted by Crippen LogP contribution is -2.02. The lowest BCUT2D eigenvalue weighted by molar-refractivity contribution is 0.952. The van der Waals surface area contributed by atoms with Crippen LogP contribution in [-0.2, 0) is 19.3 Å². The van der Waals surface area contributed by atoms with E-state index in [0.717, 1.165) is 31.4 Å². The standard InChI is InChI=1S/C50H44N2.C3H8.C2H6/c1-5-7-14-48-36(4)46-13-9-11-16-50(46)52(48)44-31-23-40(24-32-44)34-38-19-27-42(28-20-38)41-25-17-37(18-26-41)33-39-21-29-43(30-22-39)51-47(6-2)35(3)45-12-8-10-15-49(45)51;1-3-2;1-2/h5-7,9-11,13-32H,1-2,8,12,33-34H2,3-4H3;3H2,1-2H3;1-2H3/b14-7-;;. The molecular formula is C55H58N2. The Morgan fingerprint density at radius 1 is 0.596 bits per heavy atom. The molecule has 0 amide bonds. The van der Waals surface area contributed by atoms with Crippen molar-refractivity contribution >= 4 is 29.1 Å². The molecule has 0 unspecified atom stereocenters. The minimum absolute atomic E-state index is 0.894. The third kappa shape index (κ3) is 8.82. The number of hydrogen-bond acceptors (Lipinski definition) is 0. The molecule has 0 N–H and O–H groups in total. The summed E-state index contributed by atoms with van der Waals surface area (Å²) in [5.41, 5.74) is 19.0. The van der Waals surface area contributed by atoms with Crippen LogP contribution in [-0.4, -0.2) is 9.13 Å². The van der Waals surface area contributed by atoms with Gasteiger partial charge in [0.2, 0.25) is 0 Å². The Morgan fingerprint density at radius 3 is 1.60 bits per heavy atom. The number of benzene rings is 5. The fraction of sp³-hybridized carbons (Fsp3) is 0.200. The number of aryl methyl sites for hydroxylation is 1. The Kier molecular flexibility index (Phi) is 13.6. The van der Waals surface area contributed by atoms with Gasteiger partial charge in [0, 0.05) is 33.8 Å². The first-order valence-electron chi connectivity index (χ1n) is 20.7. The van der Waals surface area contributed by atoms with Crippen molar-refractivity contribution in [3.8, 4) is 22.5 Å². The van der Waals surface area contributed by atoms with Crippen LogP contribution in [0.1, 0.15) is 96.6 Å². The molecule has 2 aromatic heterocycles. The molecular weight excluding hydrogens is 689 g/mol. The van der Waals surface area contributed by atoms with Crippen molar-refractivity contribution in [2.24, 2.45) is 0 Å². The van der Waals surface area contributed by atoms with E-state index >= 15 is 0 Å². The van der Waals surface area contributed by atoms with E-state index in [4.69, 9.17) is 0 Å². The Bertz CT molecular complexity index is 2480. The summed E-state index contributed by atoms with van der Waals surface area (Å²) in [5.74, 6) is 0. The Morgan fingerprint density at radius 2 is 1.09 bits per heavy atom. The maximum atomic E-state index is 4.12. The molecule has 0 bridgehead atoms. The van der Waals surface area contributed by atoms with Gasteiger partial charge in [-0.05, 0) is 138 Å². The molecule has 8 rings (SSSR count). The van der Waals surface area contributed by atoms with E-state index in [1.165, 1.54) is 90.2 Å². The molecule has 5 aromatic carbocycles. The van der Waals surface area contributed by atoms with Crippen LogP contribution in [0.2, 0.25) is 0 Å². The van der Waals surface area contributed by atoms with E-state index in [2.05, 4.69) is 190 Å². The van der Waals surface area contributed by atoms with Gasteiger partial charge >= 0.3 is 0 Å². The Labute approximate surface area is 341 Å². The zero-order chi connectivity index (χ0) is 40.3. The average Bonchev–Trinajstić information content (AvgIpc) is 3.71. The smallest absolute Gasteiger partial charge is 0.0537 e. The molecule has 0 fully saturated rings. The molecule has 0 saturated carbocycles. The minimum atomic E-state index is 0.894. The number of para-hydroxylation sites is 1. The van der Waals surface area contributed by atoms with Gasteiger partial charge in [-0.25, -0.2) is 0 Å². The van der Waals surface area contributed by atoms with E-state index in [1.54, 1.807) is 0 Å². The summed E-state index contributed by atoms with van der Waals surface area (Å²) in [6.07, 6.45) is 17.8. The summed E-state index contributed by atoms with van der Waals surface area (Å²) < 4.78 is 4.71. The van der Waals surface area contributed by atoms with Gasteiger partial charge in [0.25, 0.3) is 0 Å². The quantitative estimate of drug-likeness (QED) is 0.123. The molecule has 0 radical (unpaired) electrons. The fourth-order valence-corrected chi connectivity index (χ4v) is 7.90. The van der Waals surface area contributed by atoms with Crippen LogP contribution in [0.15, 0.2) is 153 Å². The molecule has 2 heterocycles. The number of nitrogens with zero attached hydrogens (tertiary/aromatic N) is 2. The third-order valence-corrected chi connectivity index (χ3v) is 10.7. The van der Waals surface area contributed by atoms with Gasteiger partial charge in [0.1, 0.15) is 0 Å². The summed E-state index contributed by atoms with van der Waals surface area (Å²) in [4.78, 5) is 0. The highest BCUT2D eigenvalue weighted by Crippen LogP contribution is 2.33. The first-order chi connectivity index (χ1) is 27.9. The van der Waals surface area contributed by atoms with Crippen LogP contribution in [0.25, 0.3) is 51.6 Å². The van der Waals surface area contributed by atoms with E-state index in [1.807, 2.05) is 32.1 Å². The first kappa shape index (κ1) is 40.5. The van der Waals surface area contributed by atoms with Gasteiger partial charge in [-0.1, -0.05) is 156 Å². The van der Waals surface area contributed by atoms with Crippen LogP contribution in [0.4, 0.5) is 0 Å². The molecule has 0 atom stereocenters. The zero-order valence-electron chi connectivity index (χ0n) is 34.9. The van der Waals surface area contributed by atoms with Crippen LogP contribution < -0.4 is 0 Å². The van der Waals surface area contributed by atoms with Crippen LogP contribution in [0.3, 0.4) is 0 Å². The summed E-state index contributed by atoms with van der Waals surface area (Å²) in [6, 6.07) is 44.7. The zero-order valence-corrected chi connectivity index (χ0v) is 34.9. The molecule has 288 valence electrons. The highest BCUT2D eigenvalue weighted by atomic mass is 15.0. The van der Waals surface area contributed by atoms with Gasteiger partial charge < -0.3 is 9.13 Å². The minimum Gasteiger partial charge on any atom is -0.310 e. The fourth-order valence-electron chi connectivity index (χ4n) is 7.90. The molecule has 2 heteroatoms. The van der Waals surface area contributed by atoms with Crippen molar-refractivity contribution in [1.29, 1.82) is 0 Å². The van der Waals surface area contributed by atoms with E-state index in [0.29, 0.717) is 0 Å². The largest absolute Gasteiger partial charge is 0.310 e. The van der Waals surface area contributed by atoms with Crippen LogP contribution in [0, 0.1) is 13.8 Å². The Balaban J connectivity index is 0.00000105. The van der Waals surface area contributed by atoms with Crippen LogP contribution in [0.5, 0.6) is 0 Å². The molecule has 2 nitrogen and oxygen atoms in total. The van der Waals surface area contributed by atoms with Crippen molar-refractivity contribution < 1.29 is 0 Å². The second kappa shape index (κ2) is 19.2. The van der Waals surface area contributed by atoms with Crippen molar-refractivity contribution in [2.75, 3.05) is 0 Å². The van der Waals surface area contributed by atoms with Gasteiger partial charge in [-0.15, -0.1) is 0 Å². The van der Waals surface area contributed by atoms with Gasteiger partial charge in [-0.3, -0.25) is 0 Å². The molecule has 1 aliphatic carbocycles. The topological polar surface area (TPSA) is 9.86 Å². The molecule has 7 aromatic rings. The molecule has 57 heavy (non-hydrogen) atoms. The van der Waals surface area contributed by atoms with Crippen molar-refractivity contribution in [2.45, 2.75) is 73.6 Å². The van der Waals surface area contributed by atoms with Crippen molar-refractivity contribution in [3.63, 3.8) is 0 Å². The number of allylic oxidation sites excluding steroid dienone is 3. The maximum Gasteiger partial charge on any atom is 0.0537 e. The summed E-state index contributed by atoms with van der Waals surface area (Å²) in [7, 11) is 0.